The van der Waals surface area contributed by atoms with Crippen LogP contribution < -0.4 is 0 Å². The normalized spacial score (nSPS) is 11.4. The number of imidazole rings is 1. The molecule has 0 atom stereocenters. The van der Waals surface area contributed by atoms with Crippen LogP contribution in [-0.4, -0.2) is 9.55 Å². The molecule has 0 amide bonds. The molecule has 0 aliphatic heterocycles. The minimum Gasteiger partial charge on any atom is -0.323 e. The predicted molar refractivity (Wildman–Crippen MR) is 114 cm³/mol. The van der Waals surface area contributed by atoms with Crippen LogP contribution in [0.4, 0.5) is 0 Å². The van der Waals surface area contributed by atoms with Gasteiger partial charge in [-0.1, -0.05) is 74.0 Å². The quantitative estimate of drug-likeness (QED) is 0.392. The lowest BCUT2D eigenvalue weighted by atomic mass is 10.0. The summed E-state index contributed by atoms with van der Waals surface area (Å²) < 4.78 is 2.33. The summed E-state index contributed by atoms with van der Waals surface area (Å²) >= 11 is 6.03. The molecule has 0 N–H and O–H groups in total. The zero-order chi connectivity index (χ0) is 18.8. The number of nitrogens with zero attached hydrogens (tertiary/aromatic N) is 2. The number of para-hydroxylation sites is 2. The summed E-state index contributed by atoms with van der Waals surface area (Å²) in [5, 5.41) is 0.762. The first-order valence-corrected chi connectivity index (χ1v) is 9.75. The first-order chi connectivity index (χ1) is 13.1. The highest BCUT2D eigenvalue weighted by atomic mass is 35.5. The van der Waals surface area contributed by atoms with Gasteiger partial charge in [-0.15, -0.1) is 0 Å². The van der Waals surface area contributed by atoms with Crippen LogP contribution in [0, 0.1) is 0 Å². The van der Waals surface area contributed by atoms with Gasteiger partial charge in [0.05, 0.1) is 11.0 Å². The monoisotopic (exact) mass is 374 g/mol. The molecule has 0 saturated carbocycles. The van der Waals surface area contributed by atoms with Crippen LogP contribution in [0.1, 0.15) is 42.3 Å². The lowest BCUT2D eigenvalue weighted by molar-refractivity contribution is 0.761. The molecule has 27 heavy (non-hydrogen) atoms. The highest BCUT2D eigenvalue weighted by Gasteiger charge is 2.12. The van der Waals surface area contributed by atoms with Crippen molar-refractivity contribution in [3.63, 3.8) is 0 Å². The second-order valence-corrected chi connectivity index (χ2v) is 7.74. The van der Waals surface area contributed by atoms with Crippen molar-refractivity contribution in [2.45, 2.75) is 32.7 Å². The Kier molecular flexibility index (Phi) is 5.00. The third-order valence-corrected chi connectivity index (χ3v) is 5.25. The summed E-state index contributed by atoms with van der Waals surface area (Å²) in [5.74, 6) is 1.63. The number of rotatable bonds is 5. The van der Waals surface area contributed by atoms with E-state index in [-0.39, 0.29) is 0 Å². The van der Waals surface area contributed by atoms with Gasteiger partial charge in [-0.25, -0.2) is 4.98 Å². The van der Waals surface area contributed by atoms with E-state index in [1.165, 1.54) is 22.2 Å². The van der Waals surface area contributed by atoms with Crippen LogP contribution in [0.5, 0.6) is 0 Å². The molecular weight excluding hydrogens is 352 g/mol. The zero-order valence-corrected chi connectivity index (χ0v) is 16.4. The molecule has 136 valence electrons. The van der Waals surface area contributed by atoms with Gasteiger partial charge >= 0.3 is 0 Å². The summed E-state index contributed by atoms with van der Waals surface area (Å²) in [6.07, 6.45) is 0.788. The third-order valence-electron chi connectivity index (χ3n) is 5.00. The first-order valence-electron chi connectivity index (χ1n) is 9.37. The molecule has 0 spiro atoms. The maximum Gasteiger partial charge on any atom is 0.114 e. The highest BCUT2D eigenvalue weighted by molar-refractivity contribution is 6.30. The molecular formula is C24H23ClN2. The molecule has 0 aliphatic rings. The van der Waals surface area contributed by atoms with E-state index in [4.69, 9.17) is 16.6 Å². The Morgan fingerprint density at radius 1 is 0.852 bits per heavy atom. The fourth-order valence-electron chi connectivity index (χ4n) is 3.41. The molecule has 4 aromatic rings. The summed E-state index contributed by atoms with van der Waals surface area (Å²) in [6, 6.07) is 25.3. The van der Waals surface area contributed by atoms with E-state index in [0.717, 1.165) is 29.3 Å². The van der Waals surface area contributed by atoms with Crippen LogP contribution >= 0.6 is 11.6 Å². The molecule has 3 aromatic carbocycles. The van der Waals surface area contributed by atoms with E-state index in [1.807, 2.05) is 18.2 Å². The van der Waals surface area contributed by atoms with Crippen LogP contribution in [-0.2, 0) is 13.0 Å². The van der Waals surface area contributed by atoms with Crippen molar-refractivity contribution in [1.29, 1.82) is 0 Å². The standard InChI is InChI=1S/C24H23ClN2/c1-17(2)20-11-7-19(8-12-20)16-27-23-6-4-3-5-22(23)26-24(27)15-18-9-13-21(25)14-10-18/h3-14,17H,15-16H2,1-2H3. The lowest BCUT2D eigenvalue weighted by Crippen LogP contribution is -2.06. The smallest absolute Gasteiger partial charge is 0.114 e. The number of halogens is 1. The third kappa shape index (κ3) is 3.91. The van der Waals surface area contributed by atoms with E-state index in [9.17, 15) is 0 Å². The van der Waals surface area contributed by atoms with Crippen LogP contribution in [0.3, 0.4) is 0 Å². The van der Waals surface area contributed by atoms with Gasteiger partial charge < -0.3 is 4.57 Å². The second kappa shape index (κ2) is 7.58. The number of hydrogen-bond acceptors (Lipinski definition) is 1. The average molecular weight is 375 g/mol. The van der Waals surface area contributed by atoms with E-state index in [0.29, 0.717) is 5.92 Å². The zero-order valence-electron chi connectivity index (χ0n) is 15.7. The van der Waals surface area contributed by atoms with E-state index in [2.05, 4.69) is 73.0 Å². The van der Waals surface area contributed by atoms with Crippen molar-refractivity contribution in [1.82, 2.24) is 9.55 Å². The molecule has 0 bridgehead atoms. The number of fused-ring (bicyclic) bond motifs is 1. The summed E-state index contributed by atoms with van der Waals surface area (Å²) in [6.45, 7) is 5.27. The Morgan fingerprint density at radius 2 is 1.52 bits per heavy atom. The van der Waals surface area contributed by atoms with Crippen molar-refractivity contribution in [2.75, 3.05) is 0 Å². The van der Waals surface area contributed by atoms with Gasteiger partial charge in [-0.3, -0.25) is 0 Å². The van der Waals surface area contributed by atoms with Gasteiger partial charge in [0.25, 0.3) is 0 Å². The molecule has 0 unspecified atom stereocenters. The summed E-state index contributed by atoms with van der Waals surface area (Å²) in [4.78, 5) is 4.90. The number of benzene rings is 3. The molecule has 2 nitrogen and oxygen atoms in total. The summed E-state index contributed by atoms with van der Waals surface area (Å²) in [5.41, 5.74) is 6.09. The van der Waals surface area contributed by atoms with Crippen LogP contribution in [0.2, 0.25) is 5.02 Å². The van der Waals surface area contributed by atoms with Crippen molar-refractivity contribution < 1.29 is 0 Å². The Balaban J connectivity index is 1.70. The van der Waals surface area contributed by atoms with Gasteiger partial charge in [0.2, 0.25) is 0 Å². The van der Waals surface area contributed by atoms with Crippen molar-refractivity contribution in [3.05, 3.63) is 100 Å². The Labute approximate surface area is 165 Å². The fraction of sp³-hybridized carbons (Fsp3) is 0.208. The molecule has 3 heteroatoms. The molecule has 0 fully saturated rings. The minimum absolute atomic E-state index is 0.550. The average Bonchev–Trinajstić information content (AvgIpc) is 3.01. The first kappa shape index (κ1) is 17.8. The largest absolute Gasteiger partial charge is 0.323 e. The predicted octanol–water partition coefficient (Wildman–Crippen LogP) is 6.45. The van der Waals surface area contributed by atoms with Crippen molar-refractivity contribution in [3.8, 4) is 0 Å². The van der Waals surface area contributed by atoms with Gasteiger partial charge in [0, 0.05) is 18.0 Å². The van der Waals surface area contributed by atoms with Crippen molar-refractivity contribution in [2.24, 2.45) is 0 Å². The fourth-order valence-corrected chi connectivity index (χ4v) is 3.54. The SMILES string of the molecule is CC(C)c1ccc(Cn2c(Cc3ccc(Cl)cc3)nc3ccccc32)cc1. The van der Waals surface area contributed by atoms with E-state index < -0.39 is 0 Å². The number of hydrogen-bond donors (Lipinski definition) is 0. The molecule has 4 rings (SSSR count). The minimum atomic E-state index is 0.550. The van der Waals surface area contributed by atoms with Gasteiger partial charge in [0.15, 0.2) is 0 Å². The number of aromatic nitrogens is 2. The van der Waals surface area contributed by atoms with Crippen LogP contribution in [0.15, 0.2) is 72.8 Å². The van der Waals surface area contributed by atoms with E-state index >= 15 is 0 Å². The molecule has 1 heterocycles. The highest BCUT2D eigenvalue weighted by Crippen LogP contribution is 2.22. The lowest BCUT2D eigenvalue weighted by Gasteiger charge is -2.11. The molecule has 0 aliphatic carbocycles. The van der Waals surface area contributed by atoms with Crippen LogP contribution in [0.25, 0.3) is 11.0 Å². The van der Waals surface area contributed by atoms with Gasteiger partial charge in [0.1, 0.15) is 5.82 Å². The Hall–Kier alpha value is -2.58. The Bertz CT molecular complexity index is 1040. The Morgan fingerprint density at radius 3 is 2.22 bits per heavy atom. The molecule has 0 saturated heterocycles. The van der Waals surface area contributed by atoms with Gasteiger partial charge in [-0.05, 0) is 46.9 Å². The summed E-state index contributed by atoms with van der Waals surface area (Å²) in [7, 11) is 0. The van der Waals surface area contributed by atoms with Gasteiger partial charge in [-0.2, -0.15) is 0 Å². The second-order valence-electron chi connectivity index (χ2n) is 7.30. The van der Waals surface area contributed by atoms with Crippen molar-refractivity contribution >= 4 is 22.6 Å². The molecule has 0 radical (unpaired) electrons. The molecule has 1 aromatic heterocycles. The maximum atomic E-state index is 6.03. The van der Waals surface area contributed by atoms with E-state index in [1.54, 1.807) is 0 Å². The topological polar surface area (TPSA) is 17.8 Å². The maximum absolute atomic E-state index is 6.03.